The van der Waals surface area contributed by atoms with Gasteiger partial charge in [0.05, 0.1) is 24.9 Å². The second-order valence-electron chi connectivity index (χ2n) is 6.43. The van der Waals surface area contributed by atoms with Gasteiger partial charge in [-0.1, -0.05) is 32.9 Å². The fourth-order valence-electron chi connectivity index (χ4n) is 2.62. The molecule has 0 aromatic carbocycles. The van der Waals surface area contributed by atoms with Crippen LogP contribution in [-0.4, -0.2) is 48.2 Å². The Hall–Kier alpha value is -0.420. The maximum Gasteiger partial charge on any atom is 0.0897 e. The second-order valence-corrected chi connectivity index (χ2v) is 6.43. The van der Waals surface area contributed by atoms with E-state index in [4.69, 9.17) is 4.74 Å². The smallest absolute Gasteiger partial charge is 0.0897 e. The SMILES string of the molecule is CCC(O)(CC)CNCC(O)COCC1CC=CCC1C. The van der Waals surface area contributed by atoms with Crippen LogP contribution in [0.15, 0.2) is 12.2 Å². The zero-order valence-electron chi connectivity index (χ0n) is 13.8. The maximum absolute atomic E-state index is 10.1. The first-order valence-electron chi connectivity index (χ1n) is 8.34. The molecule has 3 unspecified atom stereocenters. The zero-order chi connectivity index (χ0) is 15.7. The van der Waals surface area contributed by atoms with Crippen LogP contribution in [0.4, 0.5) is 0 Å². The monoisotopic (exact) mass is 299 g/mol. The van der Waals surface area contributed by atoms with E-state index in [0.717, 1.165) is 32.3 Å². The van der Waals surface area contributed by atoms with Crippen LogP contribution in [0, 0.1) is 11.8 Å². The molecule has 3 N–H and O–H groups in total. The molecule has 21 heavy (non-hydrogen) atoms. The van der Waals surface area contributed by atoms with E-state index in [9.17, 15) is 10.2 Å². The summed E-state index contributed by atoms with van der Waals surface area (Å²) in [4.78, 5) is 0. The van der Waals surface area contributed by atoms with E-state index in [2.05, 4.69) is 24.4 Å². The lowest BCUT2D eigenvalue weighted by Gasteiger charge is -2.27. The first-order chi connectivity index (χ1) is 10.0. The molecule has 0 aromatic heterocycles. The van der Waals surface area contributed by atoms with Crippen LogP contribution < -0.4 is 5.32 Å². The summed E-state index contributed by atoms with van der Waals surface area (Å²) in [6.07, 6.45) is 7.59. The van der Waals surface area contributed by atoms with E-state index < -0.39 is 11.7 Å². The van der Waals surface area contributed by atoms with Gasteiger partial charge in [0.15, 0.2) is 0 Å². The van der Waals surface area contributed by atoms with Crippen molar-refractivity contribution in [3.8, 4) is 0 Å². The van der Waals surface area contributed by atoms with Crippen molar-refractivity contribution in [2.45, 2.75) is 58.2 Å². The number of hydrogen-bond acceptors (Lipinski definition) is 4. The molecule has 0 spiro atoms. The van der Waals surface area contributed by atoms with Crippen LogP contribution in [0.5, 0.6) is 0 Å². The standard InChI is InChI=1S/C17H33NO3/c1-4-17(20,5-2)13-18-10-16(19)12-21-11-15-9-7-6-8-14(15)3/h6-7,14-16,18-20H,4-5,8-13H2,1-3H3. The van der Waals surface area contributed by atoms with Gasteiger partial charge in [-0.2, -0.15) is 0 Å². The summed E-state index contributed by atoms with van der Waals surface area (Å²) < 4.78 is 5.65. The molecule has 1 aliphatic rings. The molecule has 0 aromatic rings. The van der Waals surface area contributed by atoms with E-state index in [-0.39, 0.29) is 0 Å². The van der Waals surface area contributed by atoms with Gasteiger partial charge in [-0.05, 0) is 37.5 Å². The molecular formula is C17H33NO3. The Balaban J connectivity index is 2.11. The van der Waals surface area contributed by atoms with Gasteiger partial charge in [-0.25, -0.2) is 0 Å². The highest BCUT2D eigenvalue weighted by Crippen LogP contribution is 2.24. The summed E-state index contributed by atoms with van der Waals surface area (Å²) in [6.45, 7) is 8.26. The van der Waals surface area contributed by atoms with Crippen molar-refractivity contribution in [2.75, 3.05) is 26.3 Å². The fourth-order valence-corrected chi connectivity index (χ4v) is 2.62. The van der Waals surface area contributed by atoms with Gasteiger partial charge in [0.2, 0.25) is 0 Å². The molecule has 0 aliphatic heterocycles. The summed E-state index contributed by atoms with van der Waals surface area (Å²) in [6, 6.07) is 0. The highest BCUT2D eigenvalue weighted by atomic mass is 16.5. The Kier molecular flexibility index (Phi) is 8.49. The van der Waals surface area contributed by atoms with Crippen molar-refractivity contribution < 1.29 is 14.9 Å². The van der Waals surface area contributed by atoms with Crippen LogP contribution >= 0.6 is 0 Å². The van der Waals surface area contributed by atoms with Gasteiger partial charge < -0.3 is 20.3 Å². The normalized spacial score (nSPS) is 24.2. The van der Waals surface area contributed by atoms with Gasteiger partial charge in [0.1, 0.15) is 0 Å². The van der Waals surface area contributed by atoms with E-state index in [1.54, 1.807) is 0 Å². The number of rotatable bonds is 10. The number of nitrogens with one attached hydrogen (secondary N) is 1. The molecule has 0 fully saturated rings. The Labute approximate surface area is 129 Å². The minimum atomic E-state index is -0.662. The van der Waals surface area contributed by atoms with E-state index >= 15 is 0 Å². The maximum atomic E-state index is 10.1. The molecule has 4 nitrogen and oxygen atoms in total. The average molecular weight is 299 g/mol. The third-order valence-corrected chi connectivity index (χ3v) is 4.71. The van der Waals surface area contributed by atoms with Gasteiger partial charge in [0, 0.05) is 13.1 Å². The number of ether oxygens (including phenoxy) is 1. The van der Waals surface area contributed by atoms with Crippen molar-refractivity contribution in [3.63, 3.8) is 0 Å². The first kappa shape index (κ1) is 18.6. The predicted molar refractivity (Wildman–Crippen MR) is 86.3 cm³/mol. The molecule has 0 amide bonds. The number of aliphatic hydroxyl groups is 2. The van der Waals surface area contributed by atoms with Crippen LogP contribution in [0.3, 0.4) is 0 Å². The van der Waals surface area contributed by atoms with E-state index in [1.807, 2.05) is 13.8 Å². The summed E-state index contributed by atoms with van der Waals surface area (Å²) >= 11 is 0. The third-order valence-electron chi connectivity index (χ3n) is 4.71. The molecule has 1 rings (SSSR count). The molecule has 0 radical (unpaired) electrons. The first-order valence-corrected chi connectivity index (χ1v) is 8.34. The molecule has 4 heteroatoms. The largest absolute Gasteiger partial charge is 0.389 e. The van der Waals surface area contributed by atoms with E-state index in [1.165, 1.54) is 0 Å². The molecule has 3 atom stereocenters. The van der Waals surface area contributed by atoms with Crippen LogP contribution in [-0.2, 0) is 4.74 Å². The van der Waals surface area contributed by atoms with Crippen LogP contribution in [0.2, 0.25) is 0 Å². The minimum absolute atomic E-state index is 0.358. The van der Waals surface area contributed by atoms with E-state index in [0.29, 0.717) is 31.5 Å². The quantitative estimate of drug-likeness (QED) is 0.541. The molecule has 0 saturated carbocycles. The molecule has 0 heterocycles. The third kappa shape index (κ3) is 6.92. The summed E-state index contributed by atoms with van der Waals surface area (Å²) in [5, 5.41) is 23.2. The fraction of sp³-hybridized carbons (Fsp3) is 0.882. The van der Waals surface area contributed by atoms with Crippen molar-refractivity contribution in [2.24, 2.45) is 11.8 Å². The van der Waals surface area contributed by atoms with Crippen molar-refractivity contribution in [1.29, 1.82) is 0 Å². The Morgan fingerprint density at radius 1 is 1.29 bits per heavy atom. The number of hydrogen-bond donors (Lipinski definition) is 3. The molecule has 124 valence electrons. The lowest BCUT2D eigenvalue weighted by atomic mass is 9.85. The van der Waals surface area contributed by atoms with Gasteiger partial charge >= 0.3 is 0 Å². The van der Waals surface area contributed by atoms with Crippen molar-refractivity contribution in [3.05, 3.63) is 12.2 Å². The number of allylic oxidation sites excluding steroid dienone is 2. The second kappa shape index (κ2) is 9.57. The number of aliphatic hydroxyl groups excluding tert-OH is 1. The Bertz CT molecular complexity index is 302. The van der Waals surface area contributed by atoms with Crippen molar-refractivity contribution >= 4 is 0 Å². The van der Waals surface area contributed by atoms with Gasteiger partial charge in [0.25, 0.3) is 0 Å². The summed E-state index contributed by atoms with van der Waals surface area (Å²) in [5.74, 6) is 1.23. The average Bonchev–Trinajstić information content (AvgIpc) is 2.49. The zero-order valence-corrected chi connectivity index (χ0v) is 13.8. The highest BCUT2D eigenvalue weighted by molar-refractivity contribution is 4.93. The molecule has 1 aliphatic carbocycles. The lowest BCUT2D eigenvalue weighted by Crippen LogP contribution is -2.43. The Morgan fingerprint density at radius 3 is 2.57 bits per heavy atom. The van der Waals surface area contributed by atoms with Gasteiger partial charge in [-0.15, -0.1) is 0 Å². The van der Waals surface area contributed by atoms with Crippen molar-refractivity contribution in [1.82, 2.24) is 5.32 Å². The topological polar surface area (TPSA) is 61.7 Å². The predicted octanol–water partition coefficient (Wildman–Crippen LogP) is 2.11. The summed E-state index contributed by atoms with van der Waals surface area (Å²) in [7, 11) is 0. The minimum Gasteiger partial charge on any atom is -0.389 e. The molecule has 0 bridgehead atoms. The Morgan fingerprint density at radius 2 is 1.95 bits per heavy atom. The lowest BCUT2D eigenvalue weighted by molar-refractivity contribution is 0.00393. The summed E-state index contributed by atoms with van der Waals surface area (Å²) in [5.41, 5.74) is -0.662. The molecule has 0 saturated heterocycles. The van der Waals surface area contributed by atoms with Crippen LogP contribution in [0.1, 0.15) is 46.5 Å². The van der Waals surface area contributed by atoms with Crippen LogP contribution in [0.25, 0.3) is 0 Å². The highest BCUT2D eigenvalue weighted by Gasteiger charge is 2.22. The van der Waals surface area contributed by atoms with Gasteiger partial charge in [-0.3, -0.25) is 0 Å². The molecular weight excluding hydrogens is 266 g/mol.